The number of hydrogen-bond donors (Lipinski definition) is 0. The topological polar surface area (TPSA) is 34.9 Å². The Balaban J connectivity index is 1.80. The first-order valence-corrected chi connectivity index (χ1v) is 8.61. The van der Waals surface area contributed by atoms with Gasteiger partial charge in [-0.3, -0.25) is 4.21 Å². The number of halogens is 1. The molecule has 0 unspecified atom stereocenters. The molecule has 3 nitrogen and oxygen atoms in total. The lowest BCUT2D eigenvalue weighted by Crippen LogP contribution is -2.01. The lowest BCUT2D eigenvalue weighted by atomic mass is 10.2. The summed E-state index contributed by atoms with van der Waals surface area (Å²) in [5.41, 5.74) is 3.63. The lowest BCUT2D eigenvalue weighted by molar-refractivity contribution is 0.627. The van der Waals surface area contributed by atoms with Crippen LogP contribution < -0.4 is 0 Å². The summed E-state index contributed by atoms with van der Waals surface area (Å²) in [7, 11) is -1.14. The average Bonchev–Trinajstić information content (AvgIpc) is 2.99. The second-order valence-electron chi connectivity index (χ2n) is 5.49. The van der Waals surface area contributed by atoms with Crippen molar-refractivity contribution in [2.45, 2.75) is 24.5 Å². The van der Waals surface area contributed by atoms with Crippen LogP contribution in [0.25, 0.3) is 5.69 Å². The van der Waals surface area contributed by atoms with Crippen LogP contribution in [-0.4, -0.2) is 14.0 Å². The van der Waals surface area contributed by atoms with Gasteiger partial charge in [-0.1, -0.05) is 12.1 Å². The van der Waals surface area contributed by atoms with Crippen molar-refractivity contribution in [3.63, 3.8) is 0 Å². The van der Waals surface area contributed by atoms with Crippen LogP contribution in [0.5, 0.6) is 0 Å². The van der Waals surface area contributed by atoms with E-state index in [-0.39, 0.29) is 5.82 Å². The maximum atomic E-state index is 13.0. The van der Waals surface area contributed by atoms with Crippen molar-refractivity contribution in [1.82, 2.24) is 9.78 Å². The summed E-state index contributed by atoms with van der Waals surface area (Å²) >= 11 is 0. The summed E-state index contributed by atoms with van der Waals surface area (Å²) in [6.45, 7) is 3.95. The molecule has 3 rings (SSSR count). The Bertz CT molecular complexity index is 856. The van der Waals surface area contributed by atoms with Crippen molar-refractivity contribution in [2.24, 2.45) is 0 Å². The summed E-state index contributed by atoms with van der Waals surface area (Å²) in [6.07, 6.45) is 1.79. The molecule has 0 radical (unpaired) electrons. The smallest absolute Gasteiger partial charge is 0.123 e. The third-order valence-electron chi connectivity index (χ3n) is 3.60. The molecule has 0 aliphatic carbocycles. The van der Waals surface area contributed by atoms with E-state index in [2.05, 4.69) is 5.10 Å². The fourth-order valence-electron chi connectivity index (χ4n) is 2.34. The van der Waals surface area contributed by atoms with E-state index < -0.39 is 10.8 Å². The molecule has 118 valence electrons. The summed E-state index contributed by atoms with van der Waals surface area (Å²) in [5, 5.41) is 4.43. The van der Waals surface area contributed by atoms with Gasteiger partial charge in [0.25, 0.3) is 0 Å². The normalized spacial score (nSPS) is 12.3. The number of rotatable bonds is 4. The van der Waals surface area contributed by atoms with Gasteiger partial charge in [-0.15, -0.1) is 0 Å². The minimum absolute atomic E-state index is 0.280. The largest absolute Gasteiger partial charge is 0.254 e. The van der Waals surface area contributed by atoms with E-state index in [1.54, 1.807) is 23.0 Å². The van der Waals surface area contributed by atoms with Crippen LogP contribution in [0.1, 0.15) is 16.8 Å². The fraction of sp³-hybridized carbons (Fsp3) is 0.167. The van der Waals surface area contributed by atoms with E-state index in [4.69, 9.17) is 0 Å². The molecule has 0 N–H and O–H groups in total. The predicted molar refractivity (Wildman–Crippen MR) is 89.6 cm³/mol. The van der Waals surface area contributed by atoms with E-state index in [1.165, 1.54) is 12.1 Å². The summed E-state index contributed by atoms with van der Waals surface area (Å²) in [5.74, 6) is 0.0792. The molecular weight excluding hydrogens is 311 g/mol. The predicted octanol–water partition coefficient (Wildman–Crippen LogP) is 3.94. The molecule has 5 heteroatoms. The monoisotopic (exact) mass is 328 g/mol. The van der Waals surface area contributed by atoms with Gasteiger partial charge in [0.05, 0.1) is 27.9 Å². The van der Waals surface area contributed by atoms with Gasteiger partial charge in [-0.2, -0.15) is 5.10 Å². The zero-order valence-electron chi connectivity index (χ0n) is 13.0. The standard InChI is InChI=1S/C18H17FN2OS/c1-13-3-4-14(2)18(11-13)23(22)12-16-9-10-21(20-16)17-7-5-15(19)6-8-17/h3-11H,12H2,1-2H3/t23-/m0/s1. The zero-order valence-corrected chi connectivity index (χ0v) is 13.8. The van der Waals surface area contributed by atoms with Gasteiger partial charge >= 0.3 is 0 Å². The van der Waals surface area contributed by atoms with E-state index >= 15 is 0 Å². The van der Waals surface area contributed by atoms with Crippen LogP contribution in [0, 0.1) is 19.7 Å². The quantitative estimate of drug-likeness (QED) is 0.727. The van der Waals surface area contributed by atoms with E-state index in [9.17, 15) is 8.60 Å². The minimum atomic E-state index is -1.14. The second kappa shape index (κ2) is 6.46. The van der Waals surface area contributed by atoms with Crippen LogP contribution in [0.3, 0.4) is 0 Å². The molecule has 23 heavy (non-hydrogen) atoms. The highest BCUT2D eigenvalue weighted by molar-refractivity contribution is 7.84. The highest BCUT2D eigenvalue weighted by atomic mass is 32.2. The molecule has 0 spiro atoms. The molecule has 0 fully saturated rings. The third kappa shape index (κ3) is 3.56. The van der Waals surface area contributed by atoms with Gasteiger partial charge in [0.15, 0.2) is 0 Å². The van der Waals surface area contributed by atoms with Crippen LogP contribution in [0.15, 0.2) is 59.6 Å². The van der Waals surface area contributed by atoms with Gasteiger partial charge in [-0.05, 0) is 61.4 Å². The zero-order chi connectivity index (χ0) is 16.4. The van der Waals surface area contributed by atoms with Crippen LogP contribution in [-0.2, 0) is 16.6 Å². The molecule has 1 atom stereocenters. The molecule has 2 aromatic carbocycles. The Hall–Kier alpha value is -2.27. The van der Waals surface area contributed by atoms with Crippen molar-refractivity contribution in [3.8, 4) is 5.69 Å². The minimum Gasteiger partial charge on any atom is -0.254 e. The van der Waals surface area contributed by atoms with Crippen LogP contribution in [0.4, 0.5) is 4.39 Å². The van der Waals surface area contributed by atoms with Crippen LogP contribution >= 0.6 is 0 Å². The summed E-state index contributed by atoms with van der Waals surface area (Å²) in [4.78, 5) is 0.848. The molecule has 0 amide bonds. The van der Waals surface area contributed by atoms with Crippen molar-refractivity contribution in [3.05, 3.63) is 77.4 Å². The number of benzene rings is 2. The van der Waals surface area contributed by atoms with Gasteiger partial charge in [-0.25, -0.2) is 9.07 Å². The van der Waals surface area contributed by atoms with Crippen LogP contribution in [0.2, 0.25) is 0 Å². The molecular formula is C18H17FN2OS. The van der Waals surface area contributed by atoms with Gasteiger partial charge in [0.2, 0.25) is 0 Å². The molecule has 1 aromatic heterocycles. The lowest BCUT2D eigenvalue weighted by Gasteiger charge is -2.06. The average molecular weight is 328 g/mol. The fourth-order valence-corrected chi connectivity index (χ4v) is 3.66. The molecule has 0 saturated carbocycles. The number of aromatic nitrogens is 2. The number of hydrogen-bond acceptors (Lipinski definition) is 2. The summed E-state index contributed by atoms with van der Waals surface area (Å²) in [6, 6.07) is 13.9. The van der Waals surface area contributed by atoms with E-state index in [0.717, 1.165) is 27.4 Å². The van der Waals surface area contributed by atoms with Crippen molar-refractivity contribution < 1.29 is 8.60 Å². The Morgan fingerprint density at radius 2 is 1.83 bits per heavy atom. The molecule has 0 saturated heterocycles. The maximum Gasteiger partial charge on any atom is 0.123 e. The Morgan fingerprint density at radius 1 is 1.09 bits per heavy atom. The SMILES string of the molecule is Cc1ccc(C)c([S@@](=O)Cc2ccn(-c3ccc(F)cc3)n2)c1. The first kappa shape index (κ1) is 15.6. The highest BCUT2D eigenvalue weighted by Crippen LogP contribution is 2.18. The molecule has 0 aliphatic heterocycles. The first-order valence-electron chi connectivity index (χ1n) is 7.29. The molecule has 3 aromatic rings. The number of aryl methyl sites for hydroxylation is 2. The maximum absolute atomic E-state index is 13.0. The van der Waals surface area contributed by atoms with Gasteiger partial charge < -0.3 is 0 Å². The van der Waals surface area contributed by atoms with Gasteiger partial charge in [0, 0.05) is 11.1 Å². The van der Waals surface area contributed by atoms with Crippen molar-refractivity contribution >= 4 is 10.8 Å². The highest BCUT2D eigenvalue weighted by Gasteiger charge is 2.11. The number of nitrogens with zero attached hydrogens (tertiary/aromatic N) is 2. The van der Waals surface area contributed by atoms with E-state index in [1.807, 2.05) is 38.1 Å². The molecule has 0 aliphatic rings. The first-order chi connectivity index (χ1) is 11.0. The molecule has 1 heterocycles. The summed E-state index contributed by atoms with van der Waals surface area (Å²) < 4.78 is 27.2. The molecule has 0 bridgehead atoms. The van der Waals surface area contributed by atoms with E-state index in [0.29, 0.717) is 5.75 Å². The third-order valence-corrected chi connectivity index (χ3v) is 5.09. The Labute approximate surface area is 137 Å². The Kier molecular flexibility index (Phi) is 4.39. The second-order valence-corrected chi connectivity index (χ2v) is 6.91. The Morgan fingerprint density at radius 3 is 2.57 bits per heavy atom. The van der Waals surface area contributed by atoms with Gasteiger partial charge in [0.1, 0.15) is 5.82 Å². The van der Waals surface area contributed by atoms with Crippen molar-refractivity contribution in [1.29, 1.82) is 0 Å². The van der Waals surface area contributed by atoms with Crippen molar-refractivity contribution in [2.75, 3.05) is 0 Å².